The minimum Gasteiger partial charge on any atom is -0.349 e. The third-order valence-corrected chi connectivity index (χ3v) is 5.90. The van der Waals surface area contributed by atoms with E-state index in [4.69, 9.17) is 4.74 Å². The second kappa shape index (κ2) is 11.1. The zero-order valence-corrected chi connectivity index (χ0v) is 18.3. The monoisotopic (exact) mass is 412 g/mol. The van der Waals surface area contributed by atoms with E-state index in [0.717, 1.165) is 32.7 Å². The van der Waals surface area contributed by atoms with Crippen molar-refractivity contribution in [3.05, 3.63) is 114 Å². The van der Waals surface area contributed by atoms with Gasteiger partial charge in [0.05, 0.1) is 0 Å². The number of nitrogens with zero attached hydrogens (tertiary/aromatic N) is 2. The summed E-state index contributed by atoms with van der Waals surface area (Å²) in [6.07, 6.45) is 4.47. The second-order valence-electron chi connectivity index (χ2n) is 7.99. The maximum atomic E-state index is 6.82. The van der Waals surface area contributed by atoms with Gasteiger partial charge in [0.25, 0.3) is 0 Å². The van der Waals surface area contributed by atoms with Crippen molar-refractivity contribution in [3.63, 3.8) is 0 Å². The number of ether oxygens (including phenoxy) is 1. The van der Waals surface area contributed by atoms with Gasteiger partial charge in [0.15, 0.2) is 0 Å². The molecule has 1 atom stereocenters. The van der Waals surface area contributed by atoms with Crippen molar-refractivity contribution in [2.75, 3.05) is 32.7 Å². The summed E-state index contributed by atoms with van der Waals surface area (Å²) in [5.41, 5.74) is 3.65. The molecule has 1 aliphatic rings. The summed E-state index contributed by atoms with van der Waals surface area (Å²) in [4.78, 5) is 4.94. The lowest BCUT2D eigenvalue weighted by atomic mass is 10.0. The summed E-state index contributed by atoms with van der Waals surface area (Å²) in [5, 5.41) is 0. The molecular weight excluding hydrogens is 380 g/mol. The highest BCUT2D eigenvalue weighted by Gasteiger charge is 2.29. The van der Waals surface area contributed by atoms with E-state index >= 15 is 0 Å². The van der Waals surface area contributed by atoms with Gasteiger partial charge in [0, 0.05) is 26.2 Å². The quantitative estimate of drug-likeness (QED) is 0.488. The molecule has 0 N–H and O–H groups in total. The third-order valence-electron chi connectivity index (χ3n) is 5.90. The lowest BCUT2D eigenvalue weighted by Crippen LogP contribution is -2.54. The van der Waals surface area contributed by atoms with Crippen LogP contribution in [0.4, 0.5) is 0 Å². The van der Waals surface area contributed by atoms with Crippen molar-refractivity contribution in [2.45, 2.75) is 19.3 Å². The van der Waals surface area contributed by atoms with Crippen LogP contribution in [0.1, 0.15) is 29.7 Å². The van der Waals surface area contributed by atoms with E-state index in [0.29, 0.717) is 0 Å². The van der Waals surface area contributed by atoms with Gasteiger partial charge < -0.3 is 4.74 Å². The molecule has 1 aliphatic heterocycles. The van der Waals surface area contributed by atoms with Crippen LogP contribution in [-0.4, -0.2) is 48.8 Å². The van der Waals surface area contributed by atoms with E-state index in [1.807, 2.05) is 0 Å². The first-order chi connectivity index (χ1) is 15.3. The number of benzene rings is 3. The fraction of sp³-hybridized carbons (Fsp3) is 0.286. The maximum absolute atomic E-state index is 6.82. The fourth-order valence-electron chi connectivity index (χ4n) is 4.16. The minimum absolute atomic E-state index is 0.0642. The molecule has 3 aromatic carbocycles. The van der Waals surface area contributed by atoms with Gasteiger partial charge >= 0.3 is 0 Å². The number of hydrogen-bond acceptors (Lipinski definition) is 3. The van der Waals surface area contributed by atoms with Crippen molar-refractivity contribution >= 4 is 6.08 Å². The van der Waals surface area contributed by atoms with E-state index < -0.39 is 0 Å². The Kier molecular flexibility index (Phi) is 7.67. The van der Waals surface area contributed by atoms with E-state index in [1.165, 1.54) is 16.7 Å². The third kappa shape index (κ3) is 5.92. The molecule has 0 saturated carbocycles. The topological polar surface area (TPSA) is 15.7 Å². The predicted octanol–water partition coefficient (Wildman–Crippen LogP) is 5.47. The summed E-state index contributed by atoms with van der Waals surface area (Å²) in [6, 6.07) is 31.6. The Hall–Kier alpha value is -2.72. The number of likely N-dealkylation sites (N-methyl/N-ethyl adjacent to an activating group) is 1. The van der Waals surface area contributed by atoms with Crippen molar-refractivity contribution in [1.29, 1.82) is 0 Å². The summed E-state index contributed by atoms with van der Waals surface area (Å²) in [5.74, 6) is 0. The Morgan fingerprint density at radius 2 is 1.42 bits per heavy atom. The zero-order valence-electron chi connectivity index (χ0n) is 18.3. The van der Waals surface area contributed by atoms with Crippen molar-refractivity contribution < 1.29 is 4.74 Å². The molecule has 4 rings (SSSR count). The Bertz CT molecular complexity index is 888. The number of piperazine rings is 1. The van der Waals surface area contributed by atoms with Gasteiger partial charge in [0.2, 0.25) is 0 Å². The van der Waals surface area contributed by atoms with E-state index in [-0.39, 0.29) is 12.3 Å². The lowest BCUT2D eigenvalue weighted by molar-refractivity contribution is -0.120. The van der Waals surface area contributed by atoms with Crippen molar-refractivity contribution in [2.24, 2.45) is 0 Å². The average Bonchev–Trinajstić information content (AvgIpc) is 2.84. The molecule has 0 aliphatic carbocycles. The Balaban J connectivity index is 1.47. The summed E-state index contributed by atoms with van der Waals surface area (Å²) < 4.78 is 6.82. The van der Waals surface area contributed by atoms with E-state index in [2.05, 4.69) is 120 Å². The largest absolute Gasteiger partial charge is 0.349 e. The van der Waals surface area contributed by atoms with Crippen LogP contribution in [0, 0.1) is 0 Å². The highest BCUT2D eigenvalue weighted by Crippen LogP contribution is 2.29. The van der Waals surface area contributed by atoms with Crippen LogP contribution in [0.3, 0.4) is 0 Å². The summed E-state index contributed by atoms with van der Waals surface area (Å²) in [6.45, 7) is 7.15. The van der Waals surface area contributed by atoms with E-state index in [9.17, 15) is 0 Å². The van der Waals surface area contributed by atoms with Crippen molar-refractivity contribution in [3.8, 4) is 0 Å². The van der Waals surface area contributed by atoms with Crippen LogP contribution in [0.5, 0.6) is 0 Å². The first-order valence-electron chi connectivity index (χ1n) is 11.3. The Morgan fingerprint density at radius 3 is 2.00 bits per heavy atom. The standard InChI is InChI=1S/C28H32N2O/c1-2-30-22-21-29(20-12-15-24-13-6-3-7-14-24)23-27(30)31-28(25-16-8-4-9-17-25)26-18-10-5-11-19-26/h3-19,27-28H,2,20-23H2,1H3. The molecule has 0 radical (unpaired) electrons. The normalized spacial score (nSPS) is 18.1. The van der Waals surface area contributed by atoms with Crippen LogP contribution in [0.2, 0.25) is 0 Å². The van der Waals surface area contributed by atoms with Crippen molar-refractivity contribution in [1.82, 2.24) is 9.80 Å². The molecule has 1 unspecified atom stereocenters. The summed E-state index contributed by atoms with van der Waals surface area (Å²) >= 11 is 0. The lowest BCUT2D eigenvalue weighted by Gasteiger charge is -2.42. The Morgan fingerprint density at radius 1 is 0.839 bits per heavy atom. The first kappa shape index (κ1) is 21.5. The average molecular weight is 413 g/mol. The Labute approximate surface area is 186 Å². The first-order valence-corrected chi connectivity index (χ1v) is 11.3. The SMILES string of the molecule is CCN1CCN(CC=Cc2ccccc2)CC1OC(c1ccccc1)c1ccccc1. The van der Waals surface area contributed by atoms with Gasteiger partial charge in [-0.05, 0) is 23.2 Å². The molecule has 1 fully saturated rings. The highest BCUT2D eigenvalue weighted by atomic mass is 16.5. The number of rotatable bonds is 8. The van der Waals surface area contributed by atoms with Crippen LogP contribution in [-0.2, 0) is 4.74 Å². The van der Waals surface area contributed by atoms with Crippen LogP contribution in [0.15, 0.2) is 97.1 Å². The highest BCUT2D eigenvalue weighted by molar-refractivity contribution is 5.48. The van der Waals surface area contributed by atoms with Gasteiger partial charge in [-0.25, -0.2) is 0 Å². The van der Waals surface area contributed by atoms with Gasteiger partial charge in [-0.15, -0.1) is 0 Å². The molecule has 31 heavy (non-hydrogen) atoms. The smallest absolute Gasteiger partial charge is 0.124 e. The van der Waals surface area contributed by atoms with Crippen LogP contribution < -0.4 is 0 Å². The molecule has 3 aromatic rings. The zero-order chi connectivity index (χ0) is 21.3. The fourth-order valence-corrected chi connectivity index (χ4v) is 4.16. The molecule has 0 aromatic heterocycles. The number of hydrogen-bond donors (Lipinski definition) is 0. The van der Waals surface area contributed by atoms with Gasteiger partial charge in [-0.2, -0.15) is 0 Å². The van der Waals surface area contributed by atoms with Gasteiger partial charge in [-0.3, -0.25) is 9.80 Å². The van der Waals surface area contributed by atoms with E-state index in [1.54, 1.807) is 0 Å². The second-order valence-corrected chi connectivity index (χ2v) is 7.99. The van der Waals surface area contributed by atoms with Gasteiger partial charge in [0.1, 0.15) is 12.3 Å². The molecule has 0 amide bonds. The molecule has 3 heteroatoms. The predicted molar refractivity (Wildman–Crippen MR) is 129 cm³/mol. The molecule has 0 bridgehead atoms. The molecule has 3 nitrogen and oxygen atoms in total. The van der Waals surface area contributed by atoms with Crippen LogP contribution in [0.25, 0.3) is 6.08 Å². The van der Waals surface area contributed by atoms with Gasteiger partial charge in [-0.1, -0.05) is 110 Å². The molecule has 160 valence electrons. The molecule has 1 saturated heterocycles. The molecule has 1 heterocycles. The molecule has 0 spiro atoms. The maximum Gasteiger partial charge on any atom is 0.124 e. The summed E-state index contributed by atoms with van der Waals surface area (Å²) in [7, 11) is 0. The van der Waals surface area contributed by atoms with Crippen LogP contribution >= 0.6 is 0 Å². The minimum atomic E-state index is -0.0683. The molecular formula is C28H32N2O.